The predicted octanol–water partition coefficient (Wildman–Crippen LogP) is 2.81. The van der Waals surface area contributed by atoms with E-state index in [1.165, 1.54) is 29.4 Å². The number of hydrogen-bond acceptors (Lipinski definition) is 2. The van der Waals surface area contributed by atoms with Gasteiger partial charge >= 0.3 is 6.03 Å². The van der Waals surface area contributed by atoms with E-state index in [9.17, 15) is 4.79 Å². The number of piperidine rings is 1. The van der Waals surface area contributed by atoms with Crippen molar-refractivity contribution in [3.63, 3.8) is 0 Å². The molecule has 1 aromatic carbocycles. The highest BCUT2D eigenvalue weighted by atomic mass is 79.9. The van der Waals surface area contributed by atoms with Gasteiger partial charge in [-0.1, -0.05) is 15.9 Å². The number of carbonyl (C=O) groups excluding carboxylic acids is 1. The Morgan fingerprint density at radius 2 is 2.29 bits per heavy atom. The van der Waals surface area contributed by atoms with Gasteiger partial charge < -0.3 is 16.0 Å². The van der Waals surface area contributed by atoms with Gasteiger partial charge in [0.25, 0.3) is 0 Å². The molecule has 0 saturated carbocycles. The predicted molar refractivity (Wildman–Crippen MR) is 86.7 cm³/mol. The average Bonchev–Trinajstić information content (AvgIpc) is 2.76. The number of primary amides is 1. The summed E-state index contributed by atoms with van der Waals surface area (Å²) in [6.45, 7) is 1.07. The van der Waals surface area contributed by atoms with Crippen LogP contribution in [0.4, 0.5) is 10.6 Å². The minimum Gasteiger partial charge on any atom is -0.351 e. The summed E-state index contributed by atoms with van der Waals surface area (Å²) < 4.78 is 1.06. The highest BCUT2D eigenvalue weighted by molar-refractivity contribution is 9.10. The number of rotatable bonds is 1. The molecule has 0 bridgehead atoms. The van der Waals surface area contributed by atoms with Crippen molar-refractivity contribution in [3.8, 4) is 0 Å². The van der Waals surface area contributed by atoms with Gasteiger partial charge in [0.1, 0.15) is 5.82 Å². The van der Waals surface area contributed by atoms with Crippen molar-refractivity contribution in [1.29, 1.82) is 0 Å². The number of hydrogen-bond donors (Lipinski definition) is 4. The van der Waals surface area contributed by atoms with Crippen molar-refractivity contribution in [1.82, 2.24) is 10.3 Å². The normalized spacial score (nSPS) is 23.9. The number of aromatic nitrogens is 1. The number of nitrogens with one attached hydrogen (secondary N) is 3. The van der Waals surface area contributed by atoms with Gasteiger partial charge in [0.05, 0.1) is 0 Å². The summed E-state index contributed by atoms with van der Waals surface area (Å²) in [5.74, 6) is 1.28. The molecule has 1 aromatic heterocycles. The first kappa shape index (κ1) is 13.2. The van der Waals surface area contributed by atoms with Crippen molar-refractivity contribution in [3.05, 3.63) is 27.7 Å². The molecule has 6 heteroatoms. The number of carbonyl (C=O) groups is 1. The van der Waals surface area contributed by atoms with E-state index in [2.05, 4.69) is 43.7 Å². The molecule has 1 aliphatic carbocycles. The molecule has 5 N–H and O–H groups in total. The highest BCUT2D eigenvalue weighted by Crippen LogP contribution is 2.44. The van der Waals surface area contributed by atoms with E-state index in [4.69, 9.17) is 5.73 Å². The quantitative estimate of drug-likeness (QED) is 0.638. The maximum absolute atomic E-state index is 11.2. The van der Waals surface area contributed by atoms with Crippen LogP contribution in [0.25, 0.3) is 10.9 Å². The largest absolute Gasteiger partial charge is 0.351 e. The molecule has 0 spiro atoms. The van der Waals surface area contributed by atoms with E-state index in [0.717, 1.165) is 28.8 Å². The van der Waals surface area contributed by atoms with Gasteiger partial charge in [-0.2, -0.15) is 0 Å². The van der Waals surface area contributed by atoms with Gasteiger partial charge in [-0.05, 0) is 43.5 Å². The number of benzene rings is 1. The average molecular weight is 349 g/mol. The number of halogens is 1. The van der Waals surface area contributed by atoms with Gasteiger partial charge in [-0.15, -0.1) is 0 Å². The Balaban J connectivity index is 1.95. The lowest BCUT2D eigenvalue weighted by atomic mass is 9.76. The Kier molecular flexibility index (Phi) is 2.97. The maximum Gasteiger partial charge on any atom is 0.317 e. The van der Waals surface area contributed by atoms with E-state index in [1.54, 1.807) is 0 Å². The molecule has 2 atom stereocenters. The van der Waals surface area contributed by atoms with Crippen molar-refractivity contribution in [2.45, 2.75) is 31.2 Å². The molecule has 4 rings (SSSR count). The fourth-order valence-corrected chi connectivity index (χ4v) is 4.36. The molecule has 0 radical (unpaired) electrons. The summed E-state index contributed by atoms with van der Waals surface area (Å²) >= 11 is 3.60. The van der Waals surface area contributed by atoms with Crippen LogP contribution in [0, 0.1) is 0 Å². The van der Waals surface area contributed by atoms with Gasteiger partial charge in [-0.3, -0.25) is 5.32 Å². The second-order valence-electron chi connectivity index (χ2n) is 5.90. The van der Waals surface area contributed by atoms with Crippen LogP contribution < -0.4 is 16.4 Å². The maximum atomic E-state index is 11.2. The Bertz CT molecular complexity index is 739. The van der Waals surface area contributed by atoms with Crippen LogP contribution in [0.2, 0.25) is 0 Å². The third-order valence-corrected chi connectivity index (χ3v) is 5.11. The molecule has 21 heavy (non-hydrogen) atoms. The van der Waals surface area contributed by atoms with E-state index in [0.29, 0.717) is 12.0 Å². The van der Waals surface area contributed by atoms with Gasteiger partial charge in [0.15, 0.2) is 0 Å². The summed E-state index contributed by atoms with van der Waals surface area (Å²) in [5.41, 5.74) is 8.89. The minimum absolute atomic E-state index is 0.438. The zero-order chi connectivity index (χ0) is 14.6. The Labute approximate surface area is 130 Å². The van der Waals surface area contributed by atoms with Crippen molar-refractivity contribution >= 4 is 38.7 Å². The van der Waals surface area contributed by atoms with E-state index in [-0.39, 0.29) is 0 Å². The first-order valence-corrected chi connectivity index (χ1v) is 8.06. The molecule has 2 heterocycles. The molecule has 110 valence electrons. The van der Waals surface area contributed by atoms with Crippen LogP contribution in [0.15, 0.2) is 16.6 Å². The van der Waals surface area contributed by atoms with Gasteiger partial charge in [0, 0.05) is 32.9 Å². The second kappa shape index (κ2) is 4.74. The standard InChI is InChI=1S/C15H17BrN4O/c16-7-4-9-8-2-1-3-18-11(8)6-10-13(9)12(5-7)19-14(10)20-15(17)21/h4-5,8,11,18-19H,1-3,6H2,(H3,17,20,21)/t8?,11-/m1/s1. The Morgan fingerprint density at radius 1 is 1.43 bits per heavy atom. The molecule has 1 saturated heterocycles. The summed E-state index contributed by atoms with van der Waals surface area (Å²) in [5, 5.41) is 7.61. The second-order valence-corrected chi connectivity index (χ2v) is 6.81. The number of H-pyrrole nitrogens is 1. The van der Waals surface area contributed by atoms with Crippen LogP contribution in [0.1, 0.15) is 29.9 Å². The number of nitrogens with two attached hydrogens (primary N) is 1. The lowest BCUT2D eigenvalue weighted by Gasteiger charge is -2.37. The third kappa shape index (κ3) is 2.05. The number of anilines is 1. The summed E-state index contributed by atoms with van der Waals surface area (Å²) in [6, 6.07) is 4.19. The first-order chi connectivity index (χ1) is 10.1. The summed E-state index contributed by atoms with van der Waals surface area (Å²) in [7, 11) is 0. The van der Waals surface area contributed by atoms with E-state index >= 15 is 0 Å². The van der Waals surface area contributed by atoms with Crippen LogP contribution in [0.3, 0.4) is 0 Å². The fourth-order valence-electron chi connectivity index (χ4n) is 3.88. The SMILES string of the molecule is NC(=O)Nc1[nH]c2cc(Br)cc3c2c1C[C@H]1NCCCC31. The van der Waals surface area contributed by atoms with Crippen LogP contribution >= 0.6 is 15.9 Å². The van der Waals surface area contributed by atoms with Crippen molar-refractivity contribution in [2.24, 2.45) is 5.73 Å². The van der Waals surface area contributed by atoms with Gasteiger partial charge in [0.2, 0.25) is 0 Å². The smallest absolute Gasteiger partial charge is 0.317 e. The van der Waals surface area contributed by atoms with Crippen LogP contribution in [-0.4, -0.2) is 23.6 Å². The minimum atomic E-state index is -0.530. The molecule has 2 aromatic rings. The molecule has 1 aliphatic heterocycles. The zero-order valence-electron chi connectivity index (χ0n) is 11.5. The lowest BCUT2D eigenvalue weighted by Crippen LogP contribution is -2.43. The Hall–Kier alpha value is -1.53. The number of amides is 2. The molecule has 1 unspecified atom stereocenters. The number of fused-ring (bicyclic) bond motifs is 2. The molecular weight excluding hydrogens is 332 g/mol. The highest BCUT2D eigenvalue weighted by Gasteiger charge is 2.34. The molecular formula is C15H17BrN4O. The molecule has 5 nitrogen and oxygen atoms in total. The monoisotopic (exact) mass is 348 g/mol. The fraction of sp³-hybridized carbons (Fsp3) is 0.400. The van der Waals surface area contributed by atoms with Crippen LogP contribution in [0.5, 0.6) is 0 Å². The number of urea groups is 1. The summed E-state index contributed by atoms with van der Waals surface area (Å²) in [6.07, 6.45) is 3.35. The van der Waals surface area contributed by atoms with E-state index < -0.39 is 6.03 Å². The zero-order valence-corrected chi connectivity index (χ0v) is 13.1. The Morgan fingerprint density at radius 3 is 3.10 bits per heavy atom. The molecule has 2 aliphatic rings. The van der Waals surface area contributed by atoms with Crippen molar-refractivity contribution < 1.29 is 4.79 Å². The van der Waals surface area contributed by atoms with Crippen molar-refractivity contribution in [2.75, 3.05) is 11.9 Å². The number of aromatic amines is 1. The third-order valence-electron chi connectivity index (χ3n) is 4.65. The first-order valence-electron chi connectivity index (χ1n) is 7.27. The topological polar surface area (TPSA) is 82.9 Å². The molecule has 1 fully saturated rings. The molecule has 2 amide bonds. The van der Waals surface area contributed by atoms with E-state index in [1.807, 2.05) is 0 Å². The summed E-state index contributed by atoms with van der Waals surface area (Å²) in [4.78, 5) is 14.5. The van der Waals surface area contributed by atoms with Gasteiger partial charge in [-0.25, -0.2) is 4.79 Å². The lowest BCUT2D eigenvalue weighted by molar-refractivity contribution is 0.259. The van der Waals surface area contributed by atoms with Crippen LogP contribution in [-0.2, 0) is 6.42 Å².